The van der Waals surface area contributed by atoms with E-state index in [1.54, 1.807) is 30.8 Å². The van der Waals surface area contributed by atoms with Gasteiger partial charge in [-0.25, -0.2) is 4.79 Å². The van der Waals surface area contributed by atoms with E-state index in [0.29, 0.717) is 19.4 Å². The van der Waals surface area contributed by atoms with E-state index in [0.717, 1.165) is 16.8 Å². The van der Waals surface area contributed by atoms with E-state index >= 15 is 0 Å². The molecule has 0 aliphatic heterocycles. The number of amides is 3. The Morgan fingerprint density at radius 2 is 1.88 bits per heavy atom. The summed E-state index contributed by atoms with van der Waals surface area (Å²) in [5, 5.41) is 5.57. The summed E-state index contributed by atoms with van der Waals surface area (Å²) in [5.74, 6) is -0.0167. The van der Waals surface area contributed by atoms with Gasteiger partial charge < -0.3 is 15.5 Å². The van der Waals surface area contributed by atoms with Crippen LogP contribution in [0.4, 0.5) is 10.5 Å². The van der Waals surface area contributed by atoms with Crippen LogP contribution in [-0.4, -0.2) is 37.2 Å². The molecule has 2 rings (SSSR count). The van der Waals surface area contributed by atoms with Gasteiger partial charge in [0, 0.05) is 37.6 Å². The van der Waals surface area contributed by atoms with Crippen molar-refractivity contribution in [3.63, 3.8) is 0 Å². The molecular weight excluding hydrogens is 346 g/mol. The third-order valence-corrected chi connectivity index (χ3v) is 4.79. The molecule has 2 aromatic rings. The Morgan fingerprint density at radius 1 is 1.12 bits per heavy atom. The Balaban J connectivity index is 2.01. The van der Waals surface area contributed by atoms with Crippen LogP contribution < -0.4 is 10.6 Å². The maximum absolute atomic E-state index is 12.5. The first-order valence-corrected chi connectivity index (χ1v) is 9.69. The predicted molar refractivity (Wildman–Crippen MR) is 108 cm³/mol. The zero-order valence-corrected chi connectivity index (χ0v) is 16.2. The fourth-order valence-corrected chi connectivity index (χ4v) is 3.04. The molecule has 0 saturated heterocycles. The Kier molecular flexibility index (Phi) is 7.53. The number of para-hydroxylation sites is 1. The maximum atomic E-state index is 12.5. The van der Waals surface area contributed by atoms with E-state index in [1.165, 1.54) is 4.90 Å². The second-order valence-corrected chi connectivity index (χ2v) is 6.85. The molecule has 0 spiro atoms. The van der Waals surface area contributed by atoms with Crippen LogP contribution >= 0.6 is 11.8 Å². The number of hydrogen-bond acceptors (Lipinski definition) is 3. The molecule has 2 aromatic carbocycles. The number of hydrogen-bond donors (Lipinski definition) is 2. The molecule has 2 N–H and O–H groups in total. The summed E-state index contributed by atoms with van der Waals surface area (Å²) >= 11 is 1.68. The predicted octanol–water partition coefficient (Wildman–Crippen LogP) is 3.75. The number of benzene rings is 2. The van der Waals surface area contributed by atoms with Crippen molar-refractivity contribution in [1.29, 1.82) is 0 Å². The molecule has 0 bridgehead atoms. The maximum Gasteiger partial charge on any atom is 0.321 e. The molecule has 3 amide bonds. The van der Waals surface area contributed by atoms with E-state index < -0.39 is 0 Å². The first-order chi connectivity index (χ1) is 12.5. The standard InChI is InChI=1S/C20H25N3O2S/c1-21-19(24)12-11-16-8-4-5-10-18(16)22-20(25)23(2)14-15-7-6-9-17(13-15)26-3/h4-10,13H,11-12,14H2,1-3H3,(H,21,24)(H,22,25). The minimum atomic E-state index is -0.174. The van der Waals surface area contributed by atoms with Gasteiger partial charge in [-0.2, -0.15) is 0 Å². The summed E-state index contributed by atoms with van der Waals surface area (Å²) in [7, 11) is 3.39. The van der Waals surface area contributed by atoms with Gasteiger partial charge >= 0.3 is 6.03 Å². The number of carbonyl (C=O) groups excluding carboxylic acids is 2. The highest BCUT2D eigenvalue weighted by molar-refractivity contribution is 7.98. The van der Waals surface area contributed by atoms with E-state index in [4.69, 9.17) is 0 Å². The SMILES string of the molecule is CNC(=O)CCc1ccccc1NC(=O)N(C)Cc1cccc(SC)c1. The number of urea groups is 1. The molecule has 0 unspecified atom stereocenters. The first-order valence-electron chi connectivity index (χ1n) is 8.47. The Labute approximate surface area is 159 Å². The molecular formula is C20H25N3O2S. The number of anilines is 1. The molecule has 0 atom stereocenters. The summed E-state index contributed by atoms with van der Waals surface area (Å²) in [6.45, 7) is 0.528. The van der Waals surface area contributed by atoms with Crippen LogP contribution in [0.3, 0.4) is 0 Å². The Bertz CT molecular complexity index is 764. The third-order valence-electron chi connectivity index (χ3n) is 4.06. The minimum Gasteiger partial charge on any atom is -0.359 e. The van der Waals surface area contributed by atoms with Gasteiger partial charge in [0.1, 0.15) is 0 Å². The van der Waals surface area contributed by atoms with Crippen molar-refractivity contribution in [1.82, 2.24) is 10.2 Å². The van der Waals surface area contributed by atoms with Crippen molar-refractivity contribution >= 4 is 29.4 Å². The molecule has 0 fully saturated rings. The van der Waals surface area contributed by atoms with Gasteiger partial charge in [-0.05, 0) is 42.0 Å². The summed E-state index contributed by atoms with van der Waals surface area (Å²) in [4.78, 5) is 26.8. The average molecular weight is 372 g/mol. The van der Waals surface area contributed by atoms with Crippen LogP contribution in [-0.2, 0) is 17.8 Å². The second kappa shape index (κ2) is 9.87. The van der Waals surface area contributed by atoms with E-state index in [-0.39, 0.29) is 11.9 Å². The largest absolute Gasteiger partial charge is 0.359 e. The zero-order chi connectivity index (χ0) is 18.9. The molecule has 0 aliphatic carbocycles. The van der Waals surface area contributed by atoms with Gasteiger partial charge in [0.25, 0.3) is 0 Å². The van der Waals surface area contributed by atoms with E-state index in [9.17, 15) is 9.59 Å². The monoisotopic (exact) mass is 371 g/mol. The second-order valence-electron chi connectivity index (χ2n) is 5.97. The number of rotatable bonds is 7. The quantitative estimate of drug-likeness (QED) is 0.729. The van der Waals surface area contributed by atoms with Crippen LogP contribution in [0.5, 0.6) is 0 Å². The summed E-state index contributed by atoms with van der Waals surface area (Å²) < 4.78 is 0. The molecule has 26 heavy (non-hydrogen) atoms. The molecule has 0 saturated carbocycles. The molecule has 0 radical (unpaired) electrons. The van der Waals surface area contributed by atoms with E-state index in [2.05, 4.69) is 22.8 Å². The van der Waals surface area contributed by atoms with Crippen LogP contribution in [0.25, 0.3) is 0 Å². The van der Waals surface area contributed by atoms with Gasteiger partial charge in [-0.3, -0.25) is 4.79 Å². The minimum absolute atomic E-state index is 0.0167. The lowest BCUT2D eigenvalue weighted by Gasteiger charge is -2.19. The smallest absolute Gasteiger partial charge is 0.321 e. The van der Waals surface area contributed by atoms with Gasteiger partial charge in [-0.15, -0.1) is 11.8 Å². The lowest BCUT2D eigenvalue weighted by atomic mass is 10.1. The number of nitrogens with one attached hydrogen (secondary N) is 2. The highest BCUT2D eigenvalue weighted by atomic mass is 32.2. The Morgan fingerprint density at radius 3 is 2.62 bits per heavy atom. The molecule has 0 heterocycles. The lowest BCUT2D eigenvalue weighted by molar-refractivity contribution is -0.120. The van der Waals surface area contributed by atoms with Crippen molar-refractivity contribution < 1.29 is 9.59 Å². The van der Waals surface area contributed by atoms with Crippen LogP contribution in [0, 0.1) is 0 Å². The van der Waals surface area contributed by atoms with E-state index in [1.807, 2.05) is 42.7 Å². The van der Waals surface area contributed by atoms with Gasteiger partial charge in [0.05, 0.1) is 0 Å². The molecule has 138 valence electrons. The summed E-state index contributed by atoms with van der Waals surface area (Å²) in [6, 6.07) is 15.6. The van der Waals surface area contributed by atoms with Crippen molar-refractivity contribution in [2.45, 2.75) is 24.3 Å². The fourth-order valence-electron chi connectivity index (χ4n) is 2.56. The molecule has 6 heteroatoms. The van der Waals surface area contributed by atoms with Crippen LogP contribution in [0.1, 0.15) is 17.5 Å². The topological polar surface area (TPSA) is 61.4 Å². The van der Waals surface area contributed by atoms with Crippen molar-refractivity contribution in [2.24, 2.45) is 0 Å². The zero-order valence-electron chi connectivity index (χ0n) is 15.4. The van der Waals surface area contributed by atoms with Gasteiger partial charge in [-0.1, -0.05) is 30.3 Å². The number of thioether (sulfide) groups is 1. The molecule has 0 aliphatic rings. The number of aryl methyl sites for hydroxylation is 1. The van der Waals surface area contributed by atoms with Crippen molar-refractivity contribution in [2.75, 3.05) is 25.7 Å². The van der Waals surface area contributed by atoms with Crippen molar-refractivity contribution in [3.8, 4) is 0 Å². The highest BCUT2D eigenvalue weighted by Gasteiger charge is 2.12. The fraction of sp³-hybridized carbons (Fsp3) is 0.300. The summed E-state index contributed by atoms with van der Waals surface area (Å²) in [6.07, 6.45) is 3.00. The highest BCUT2D eigenvalue weighted by Crippen LogP contribution is 2.19. The Hall–Kier alpha value is -2.47. The first kappa shape index (κ1) is 19.8. The van der Waals surface area contributed by atoms with Gasteiger partial charge in [0.2, 0.25) is 5.91 Å². The lowest BCUT2D eigenvalue weighted by Crippen LogP contribution is -2.31. The molecule has 0 aromatic heterocycles. The molecule has 5 nitrogen and oxygen atoms in total. The summed E-state index contributed by atoms with van der Waals surface area (Å²) in [5.41, 5.74) is 2.77. The number of nitrogens with zero attached hydrogens (tertiary/aromatic N) is 1. The van der Waals surface area contributed by atoms with Crippen molar-refractivity contribution in [3.05, 3.63) is 59.7 Å². The normalized spacial score (nSPS) is 10.3. The van der Waals surface area contributed by atoms with Crippen LogP contribution in [0.2, 0.25) is 0 Å². The van der Waals surface area contributed by atoms with Crippen LogP contribution in [0.15, 0.2) is 53.4 Å². The third kappa shape index (κ3) is 5.81. The average Bonchev–Trinajstić information content (AvgIpc) is 2.67. The van der Waals surface area contributed by atoms with Gasteiger partial charge in [0.15, 0.2) is 0 Å². The number of carbonyl (C=O) groups is 2.